The van der Waals surface area contributed by atoms with E-state index in [0.717, 1.165) is 29.0 Å². The van der Waals surface area contributed by atoms with Crippen LogP contribution in [0.5, 0.6) is 0 Å². The highest BCUT2D eigenvalue weighted by Crippen LogP contribution is 2.30. The quantitative estimate of drug-likeness (QED) is 0.562. The molecule has 0 aliphatic carbocycles. The van der Waals surface area contributed by atoms with Crippen molar-refractivity contribution in [3.63, 3.8) is 0 Å². The fourth-order valence-corrected chi connectivity index (χ4v) is 2.84. The van der Waals surface area contributed by atoms with Gasteiger partial charge in [0.15, 0.2) is 0 Å². The van der Waals surface area contributed by atoms with Gasteiger partial charge in [-0.15, -0.1) is 0 Å². The Kier molecular flexibility index (Phi) is 5.82. The molecular formula is C20H22F3N5O2. The highest BCUT2D eigenvalue weighted by Gasteiger charge is 2.33. The van der Waals surface area contributed by atoms with Gasteiger partial charge in [-0.2, -0.15) is 18.3 Å². The molecule has 3 aromatic rings. The number of nitrogens with one attached hydrogen (secondary N) is 1. The molecule has 7 nitrogen and oxygen atoms in total. The summed E-state index contributed by atoms with van der Waals surface area (Å²) >= 11 is 0. The van der Waals surface area contributed by atoms with Crippen molar-refractivity contribution in [1.29, 1.82) is 0 Å². The number of nitrogens with zero attached hydrogens (tertiary/aromatic N) is 4. The van der Waals surface area contributed by atoms with Crippen LogP contribution in [0.1, 0.15) is 31.1 Å². The van der Waals surface area contributed by atoms with Gasteiger partial charge in [0.05, 0.1) is 18.8 Å². The molecule has 0 saturated carbocycles. The molecule has 0 aliphatic heterocycles. The number of hydrogen-bond acceptors (Lipinski definition) is 6. The molecule has 2 heterocycles. The van der Waals surface area contributed by atoms with Gasteiger partial charge in [-0.1, -0.05) is 6.07 Å². The predicted octanol–water partition coefficient (Wildman–Crippen LogP) is 3.72. The Morgan fingerprint density at radius 2 is 1.93 bits per heavy atom. The Labute approximate surface area is 171 Å². The van der Waals surface area contributed by atoms with E-state index in [1.807, 2.05) is 13.0 Å². The van der Waals surface area contributed by atoms with Crippen molar-refractivity contribution in [2.24, 2.45) is 0 Å². The molecule has 1 aromatic carbocycles. The van der Waals surface area contributed by atoms with Crippen LogP contribution in [0.4, 0.5) is 24.8 Å². The van der Waals surface area contributed by atoms with Gasteiger partial charge in [0.2, 0.25) is 5.95 Å². The second-order valence-corrected chi connectivity index (χ2v) is 7.38. The van der Waals surface area contributed by atoms with E-state index in [9.17, 15) is 23.4 Å². The number of hydrogen-bond donors (Lipinski definition) is 3. The lowest BCUT2D eigenvalue weighted by molar-refractivity contribution is -0.141. The maximum atomic E-state index is 12.9. The van der Waals surface area contributed by atoms with Gasteiger partial charge < -0.3 is 15.5 Å². The van der Waals surface area contributed by atoms with Gasteiger partial charge in [0.25, 0.3) is 0 Å². The van der Waals surface area contributed by atoms with Crippen LogP contribution < -0.4 is 5.32 Å². The number of benzene rings is 1. The van der Waals surface area contributed by atoms with E-state index in [-0.39, 0.29) is 5.95 Å². The zero-order valence-electron chi connectivity index (χ0n) is 16.6. The Balaban J connectivity index is 1.88. The second-order valence-electron chi connectivity index (χ2n) is 7.38. The third kappa shape index (κ3) is 4.77. The van der Waals surface area contributed by atoms with Gasteiger partial charge in [-0.3, -0.25) is 4.68 Å². The summed E-state index contributed by atoms with van der Waals surface area (Å²) in [5.41, 5.74) is 0.527. The Morgan fingerprint density at radius 3 is 2.60 bits per heavy atom. The van der Waals surface area contributed by atoms with Crippen LogP contribution in [0.2, 0.25) is 0 Å². The highest BCUT2D eigenvalue weighted by atomic mass is 19.4. The first-order valence-corrected chi connectivity index (χ1v) is 9.16. The van der Waals surface area contributed by atoms with Crippen molar-refractivity contribution in [3.8, 4) is 11.1 Å². The summed E-state index contributed by atoms with van der Waals surface area (Å²) in [7, 11) is 0. The van der Waals surface area contributed by atoms with Crippen molar-refractivity contribution in [2.45, 2.75) is 38.6 Å². The molecule has 2 atom stereocenters. The third-order valence-electron chi connectivity index (χ3n) is 4.83. The van der Waals surface area contributed by atoms with Crippen LogP contribution >= 0.6 is 0 Å². The molecule has 0 aliphatic rings. The summed E-state index contributed by atoms with van der Waals surface area (Å²) in [6, 6.07) is 5.74. The van der Waals surface area contributed by atoms with Crippen molar-refractivity contribution >= 4 is 11.6 Å². The molecule has 0 fully saturated rings. The normalized spacial score (nSPS) is 14.9. The number of aromatic nitrogens is 4. The lowest BCUT2D eigenvalue weighted by atomic mass is 9.99. The van der Waals surface area contributed by atoms with Crippen molar-refractivity contribution < 1.29 is 23.4 Å². The van der Waals surface area contributed by atoms with Gasteiger partial charge in [0.1, 0.15) is 11.3 Å². The zero-order valence-corrected chi connectivity index (χ0v) is 16.6. The molecule has 0 radical (unpaired) electrons. The summed E-state index contributed by atoms with van der Waals surface area (Å²) < 4.78 is 40.2. The van der Waals surface area contributed by atoms with Gasteiger partial charge in [-0.05, 0) is 50.1 Å². The molecule has 0 amide bonds. The van der Waals surface area contributed by atoms with E-state index in [0.29, 0.717) is 5.69 Å². The number of rotatable bonds is 6. The first-order valence-electron chi connectivity index (χ1n) is 9.16. The van der Waals surface area contributed by atoms with E-state index in [1.165, 1.54) is 6.92 Å². The van der Waals surface area contributed by atoms with Crippen LogP contribution in [0.15, 0.2) is 42.9 Å². The number of aryl methyl sites for hydroxylation is 1. The second kappa shape index (κ2) is 8.04. The average Bonchev–Trinajstić information content (AvgIpc) is 3.16. The largest absolute Gasteiger partial charge is 0.433 e. The highest BCUT2D eigenvalue weighted by molar-refractivity contribution is 5.70. The monoisotopic (exact) mass is 421 g/mol. The molecule has 3 rings (SSSR count). The lowest BCUT2D eigenvalue weighted by Gasteiger charge is -2.28. The van der Waals surface area contributed by atoms with Crippen molar-refractivity contribution in [1.82, 2.24) is 19.7 Å². The maximum Gasteiger partial charge on any atom is 0.433 e. The summed E-state index contributed by atoms with van der Waals surface area (Å²) in [6.07, 6.45) is -0.164. The zero-order chi connectivity index (χ0) is 22.1. The molecular weight excluding hydrogens is 399 g/mol. The van der Waals surface area contributed by atoms with Gasteiger partial charge in [0, 0.05) is 23.6 Å². The van der Waals surface area contributed by atoms with Gasteiger partial charge in [-0.25, -0.2) is 9.97 Å². The molecule has 0 spiro atoms. The van der Waals surface area contributed by atoms with Crippen molar-refractivity contribution in [2.75, 3.05) is 11.9 Å². The summed E-state index contributed by atoms with van der Waals surface area (Å²) in [4.78, 5) is 7.37. The fourth-order valence-electron chi connectivity index (χ4n) is 2.84. The summed E-state index contributed by atoms with van der Waals surface area (Å²) in [5.74, 6) is -0.162. The van der Waals surface area contributed by atoms with E-state index in [4.69, 9.17) is 0 Å². The van der Waals surface area contributed by atoms with E-state index >= 15 is 0 Å². The minimum atomic E-state index is -4.56. The molecule has 2 aromatic heterocycles. The SMILES string of the molecule is Cc1cc(Nc2nccc(C(F)(F)F)n2)cc(-c2cnn([C@H](C)[C@](C)(O)CO)c2)c1. The summed E-state index contributed by atoms with van der Waals surface area (Å²) in [5, 5.41) is 26.7. The smallest absolute Gasteiger partial charge is 0.393 e. The Morgan fingerprint density at radius 1 is 1.20 bits per heavy atom. The first kappa shape index (κ1) is 21.7. The Bertz CT molecular complexity index is 1030. The molecule has 10 heteroatoms. The van der Waals surface area contributed by atoms with Crippen LogP contribution in [0.25, 0.3) is 11.1 Å². The van der Waals surface area contributed by atoms with Crippen LogP contribution in [0.3, 0.4) is 0 Å². The van der Waals surface area contributed by atoms with E-state index < -0.39 is 30.1 Å². The number of aliphatic hydroxyl groups excluding tert-OH is 1. The minimum Gasteiger partial charge on any atom is -0.393 e. The fraction of sp³-hybridized carbons (Fsp3) is 0.350. The molecule has 160 valence electrons. The molecule has 0 bridgehead atoms. The molecule has 3 N–H and O–H groups in total. The van der Waals surface area contributed by atoms with Crippen LogP contribution in [-0.2, 0) is 6.18 Å². The number of anilines is 2. The van der Waals surface area contributed by atoms with Crippen LogP contribution in [-0.4, -0.2) is 42.2 Å². The number of aliphatic hydroxyl groups is 2. The lowest BCUT2D eigenvalue weighted by Crippen LogP contribution is -2.38. The number of alkyl halides is 3. The molecule has 30 heavy (non-hydrogen) atoms. The third-order valence-corrected chi connectivity index (χ3v) is 4.83. The maximum absolute atomic E-state index is 12.9. The average molecular weight is 421 g/mol. The molecule has 0 saturated heterocycles. The topological polar surface area (TPSA) is 96.1 Å². The van der Waals surface area contributed by atoms with E-state index in [1.54, 1.807) is 36.1 Å². The van der Waals surface area contributed by atoms with Gasteiger partial charge >= 0.3 is 6.18 Å². The minimum absolute atomic E-state index is 0.162. The molecule has 0 unspecified atom stereocenters. The van der Waals surface area contributed by atoms with Crippen molar-refractivity contribution in [3.05, 3.63) is 54.1 Å². The van der Waals surface area contributed by atoms with E-state index in [2.05, 4.69) is 20.4 Å². The predicted molar refractivity (Wildman–Crippen MR) is 105 cm³/mol. The van der Waals surface area contributed by atoms with Crippen LogP contribution in [0, 0.1) is 6.92 Å². The summed E-state index contributed by atoms with van der Waals surface area (Å²) in [6.45, 7) is 4.69. The first-order chi connectivity index (χ1) is 14.0. The number of halogens is 3. The standard InChI is InChI=1S/C20H22F3N5O2/c1-12-6-14(15-9-25-28(10-15)13(2)19(3,30)11-29)8-16(7-12)26-18-24-5-4-17(27-18)20(21,22)23/h4-10,13,29-30H,11H2,1-3H3,(H,24,26,27)/t13-,19-/m1/s1. The Hall–Kier alpha value is -2.98.